The first-order valence-electron chi connectivity index (χ1n) is 4.98. The van der Waals surface area contributed by atoms with Crippen LogP contribution in [0.15, 0.2) is 18.2 Å². The maximum atomic E-state index is 12.2. The fourth-order valence-electron chi connectivity index (χ4n) is 1.32. The smallest absolute Gasteiger partial charge is 0.387 e. The molecule has 0 aliphatic carbocycles. The number of carbonyl (C=O) groups is 1. The molecule has 1 amide bonds. The van der Waals surface area contributed by atoms with Crippen LogP contribution in [0, 0.1) is 0 Å². The number of carbonyl (C=O) groups excluding carboxylic acids is 1. The van der Waals surface area contributed by atoms with Gasteiger partial charge in [0.2, 0.25) is 5.91 Å². The highest BCUT2D eigenvalue weighted by atomic mass is 35.5. The average Bonchev–Trinajstić information content (AvgIpc) is 2.36. The van der Waals surface area contributed by atoms with Crippen LogP contribution in [0.2, 0.25) is 0 Å². The first kappa shape index (κ1) is 14.5. The largest absolute Gasteiger partial charge is 0.493 e. The molecule has 1 aromatic rings. The number of ether oxygens (including phenoxy) is 2. The van der Waals surface area contributed by atoms with Crippen molar-refractivity contribution in [3.05, 3.63) is 23.8 Å². The Morgan fingerprint density at radius 1 is 1.39 bits per heavy atom. The van der Waals surface area contributed by atoms with Crippen LogP contribution in [0.25, 0.3) is 0 Å². The number of alkyl halides is 3. The summed E-state index contributed by atoms with van der Waals surface area (Å²) in [6, 6.07) is 4.16. The molecule has 100 valence electrons. The quantitative estimate of drug-likeness (QED) is 0.842. The molecule has 1 rings (SSSR count). The monoisotopic (exact) mass is 279 g/mol. The van der Waals surface area contributed by atoms with Crippen LogP contribution < -0.4 is 14.8 Å². The highest BCUT2D eigenvalue weighted by Gasteiger charge is 2.19. The minimum Gasteiger partial charge on any atom is -0.493 e. The van der Waals surface area contributed by atoms with E-state index in [-0.39, 0.29) is 11.5 Å². The van der Waals surface area contributed by atoms with Crippen molar-refractivity contribution < 1.29 is 23.0 Å². The van der Waals surface area contributed by atoms with E-state index < -0.39 is 17.9 Å². The highest BCUT2D eigenvalue weighted by molar-refractivity contribution is 6.30. The van der Waals surface area contributed by atoms with E-state index in [2.05, 4.69) is 10.1 Å². The van der Waals surface area contributed by atoms with Crippen molar-refractivity contribution in [2.24, 2.45) is 0 Å². The van der Waals surface area contributed by atoms with Crippen LogP contribution in [-0.2, 0) is 4.79 Å². The Morgan fingerprint density at radius 3 is 2.56 bits per heavy atom. The summed E-state index contributed by atoms with van der Waals surface area (Å²) in [6.07, 6.45) is 0. The van der Waals surface area contributed by atoms with E-state index in [0.29, 0.717) is 5.56 Å². The van der Waals surface area contributed by atoms with Gasteiger partial charge in [-0.25, -0.2) is 0 Å². The third-order valence-electron chi connectivity index (χ3n) is 2.17. The molecule has 1 aromatic carbocycles. The first-order valence-corrected chi connectivity index (χ1v) is 5.41. The molecule has 4 nitrogen and oxygen atoms in total. The molecule has 1 unspecified atom stereocenters. The molecule has 7 heteroatoms. The molecule has 0 aliphatic rings. The van der Waals surface area contributed by atoms with E-state index in [1.807, 2.05) is 0 Å². The molecule has 0 heterocycles. The molecule has 0 radical (unpaired) electrons. The van der Waals surface area contributed by atoms with Gasteiger partial charge in [0.05, 0.1) is 7.11 Å². The third-order valence-corrected chi connectivity index (χ3v) is 2.62. The minimum absolute atomic E-state index is 0.139. The summed E-state index contributed by atoms with van der Waals surface area (Å²) in [6.45, 7) is -2.98. The number of rotatable bonds is 5. The van der Waals surface area contributed by atoms with E-state index in [4.69, 9.17) is 16.3 Å². The predicted octanol–water partition coefficient (Wildman–Crippen LogP) is 2.32. The van der Waals surface area contributed by atoms with Gasteiger partial charge < -0.3 is 14.8 Å². The van der Waals surface area contributed by atoms with Crippen molar-refractivity contribution in [2.45, 2.75) is 12.0 Å². The molecule has 1 atom stereocenters. The van der Waals surface area contributed by atoms with Gasteiger partial charge in [0.1, 0.15) is 5.38 Å². The lowest BCUT2D eigenvalue weighted by Gasteiger charge is -2.13. The van der Waals surface area contributed by atoms with Crippen molar-refractivity contribution in [3.63, 3.8) is 0 Å². The average molecular weight is 280 g/mol. The van der Waals surface area contributed by atoms with Gasteiger partial charge in [0, 0.05) is 7.05 Å². The van der Waals surface area contributed by atoms with E-state index in [1.165, 1.54) is 32.4 Å². The molecule has 0 spiro atoms. The number of amides is 1. The van der Waals surface area contributed by atoms with Crippen LogP contribution >= 0.6 is 11.6 Å². The molecule has 1 N–H and O–H groups in total. The molecule has 18 heavy (non-hydrogen) atoms. The standard InChI is InChI=1S/C11H12ClF2NO3/c1-15-10(16)9(12)6-3-4-7(17-2)8(5-6)18-11(13)14/h3-5,9,11H,1-2H3,(H,15,16). The molecule has 0 fully saturated rings. The van der Waals surface area contributed by atoms with Crippen LogP contribution in [0.5, 0.6) is 11.5 Å². The third kappa shape index (κ3) is 3.46. The number of nitrogens with one attached hydrogen (secondary N) is 1. The predicted molar refractivity (Wildman–Crippen MR) is 62.3 cm³/mol. The van der Waals surface area contributed by atoms with E-state index >= 15 is 0 Å². The van der Waals surface area contributed by atoms with E-state index in [9.17, 15) is 13.6 Å². The maximum absolute atomic E-state index is 12.2. The molecular weight excluding hydrogens is 268 g/mol. The summed E-state index contributed by atoms with van der Waals surface area (Å²) in [7, 11) is 2.75. The lowest BCUT2D eigenvalue weighted by atomic mass is 10.1. The second-order valence-electron chi connectivity index (χ2n) is 3.27. The number of hydrogen-bond donors (Lipinski definition) is 1. The Bertz CT molecular complexity index is 429. The van der Waals surface area contributed by atoms with Crippen molar-refractivity contribution >= 4 is 17.5 Å². The number of halogens is 3. The zero-order chi connectivity index (χ0) is 13.7. The molecule has 0 aliphatic heterocycles. The summed E-state index contributed by atoms with van der Waals surface area (Å²) >= 11 is 5.86. The normalized spacial score (nSPS) is 12.1. The van der Waals surface area contributed by atoms with Gasteiger partial charge in [-0.15, -0.1) is 11.6 Å². The summed E-state index contributed by atoms with van der Waals surface area (Å²) in [5, 5.41) is 1.38. The Hall–Kier alpha value is -1.56. The van der Waals surface area contributed by atoms with Gasteiger partial charge in [-0.1, -0.05) is 6.07 Å². The molecule has 0 saturated heterocycles. The molecule has 0 bridgehead atoms. The zero-order valence-corrected chi connectivity index (χ0v) is 10.5. The number of likely N-dealkylation sites (N-methyl/N-ethyl adjacent to an activating group) is 1. The van der Waals surface area contributed by atoms with Crippen molar-refractivity contribution in [2.75, 3.05) is 14.2 Å². The van der Waals surface area contributed by atoms with Crippen LogP contribution in [0.1, 0.15) is 10.9 Å². The summed E-state index contributed by atoms with van der Waals surface area (Å²) in [4.78, 5) is 11.3. The molecule has 0 aromatic heterocycles. The van der Waals surface area contributed by atoms with Crippen LogP contribution in [0.4, 0.5) is 8.78 Å². The van der Waals surface area contributed by atoms with Gasteiger partial charge >= 0.3 is 6.61 Å². The summed E-state index contributed by atoms with van der Waals surface area (Å²) in [5.74, 6) is -0.468. The maximum Gasteiger partial charge on any atom is 0.387 e. The number of benzene rings is 1. The molecule has 0 saturated carbocycles. The van der Waals surface area contributed by atoms with E-state index in [1.54, 1.807) is 0 Å². The Morgan fingerprint density at radius 2 is 2.06 bits per heavy atom. The second-order valence-corrected chi connectivity index (χ2v) is 3.70. The highest BCUT2D eigenvalue weighted by Crippen LogP contribution is 2.33. The topological polar surface area (TPSA) is 47.6 Å². The fraction of sp³-hybridized carbons (Fsp3) is 0.364. The van der Waals surface area contributed by atoms with Crippen LogP contribution in [-0.4, -0.2) is 26.7 Å². The number of methoxy groups -OCH3 is 1. The van der Waals surface area contributed by atoms with Crippen LogP contribution in [0.3, 0.4) is 0 Å². The number of hydrogen-bond acceptors (Lipinski definition) is 3. The molecular formula is C11H12ClF2NO3. The van der Waals surface area contributed by atoms with Gasteiger partial charge in [-0.05, 0) is 17.7 Å². The van der Waals surface area contributed by atoms with Crippen molar-refractivity contribution in [1.29, 1.82) is 0 Å². The Kier molecular flexibility index (Phi) is 5.15. The minimum atomic E-state index is -2.98. The Balaban J connectivity index is 3.05. The second kappa shape index (κ2) is 6.39. The Labute approximate surface area is 108 Å². The first-order chi connectivity index (χ1) is 8.49. The van der Waals surface area contributed by atoms with Gasteiger partial charge in [-0.3, -0.25) is 4.79 Å². The lowest BCUT2D eigenvalue weighted by molar-refractivity contribution is -0.120. The van der Waals surface area contributed by atoms with Gasteiger partial charge in [0.25, 0.3) is 0 Å². The zero-order valence-electron chi connectivity index (χ0n) is 9.75. The fourth-order valence-corrected chi connectivity index (χ4v) is 1.56. The van der Waals surface area contributed by atoms with Gasteiger partial charge in [-0.2, -0.15) is 8.78 Å². The lowest BCUT2D eigenvalue weighted by Crippen LogP contribution is -2.22. The SMILES string of the molecule is CNC(=O)C(Cl)c1ccc(OC)c(OC(F)F)c1. The summed E-state index contributed by atoms with van der Waals surface area (Å²) in [5.41, 5.74) is 0.340. The van der Waals surface area contributed by atoms with E-state index in [0.717, 1.165) is 0 Å². The van der Waals surface area contributed by atoms with Crippen molar-refractivity contribution in [1.82, 2.24) is 5.32 Å². The van der Waals surface area contributed by atoms with Crippen molar-refractivity contribution in [3.8, 4) is 11.5 Å². The van der Waals surface area contributed by atoms with Gasteiger partial charge in [0.15, 0.2) is 11.5 Å². The summed E-state index contributed by atoms with van der Waals surface area (Å²) < 4.78 is 33.6.